The van der Waals surface area contributed by atoms with Gasteiger partial charge < -0.3 is 14.5 Å². The average Bonchev–Trinajstić information content (AvgIpc) is 3.20. The summed E-state index contributed by atoms with van der Waals surface area (Å²) in [6.45, 7) is 2.26. The van der Waals surface area contributed by atoms with Crippen molar-refractivity contribution in [3.63, 3.8) is 0 Å². The lowest BCUT2D eigenvalue weighted by Crippen LogP contribution is -2.37. The highest BCUT2D eigenvalue weighted by molar-refractivity contribution is 6.43. The number of nitrogens with zero attached hydrogens (tertiary/aromatic N) is 3. The minimum Gasteiger partial charge on any atom is -0.387 e. The highest BCUT2D eigenvalue weighted by atomic mass is 35.5. The molecule has 6 nitrogen and oxygen atoms in total. The topological polar surface area (TPSA) is 79.5 Å². The van der Waals surface area contributed by atoms with E-state index in [0.717, 1.165) is 28.7 Å². The number of carbonyl (C=O) groups excluding carboxylic acids is 1. The molecule has 0 fully saturated rings. The van der Waals surface area contributed by atoms with Gasteiger partial charge in [0.15, 0.2) is 0 Å². The van der Waals surface area contributed by atoms with E-state index >= 15 is 0 Å². The van der Waals surface area contributed by atoms with E-state index in [2.05, 4.69) is 10.1 Å². The molecule has 0 spiro atoms. The number of carbonyl (C=O) groups is 1. The first kappa shape index (κ1) is 16.6. The maximum Gasteiger partial charge on any atom is 0.248 e. The number of halogens is 2. The number of aryl methyl sites for hydroxylation is 1. The summed E-state index contributed by atoms with van der Waals surface area (Å²) in [6, 6.07) is 1.75. The third kappa shape index (κ3) is 2.65. The van der Waals surface area contributed by atoms with Gasteiger partial charge in [0.2, 0.25) is 17.6 Å². The summed E-state index contributed by atoms with van der Waals surface area (Å²) in [7, 11) is 0. The Morgan fingerprint density at radius 2 is 2.24 bits per heavy atom. The minimum atomic E-state index is -0.492. The highest BCUT2D eigenvalue weighted by Gasteiger charge is 2.34. The predicted octanol–water partition coefficient (Wildman–Crippen LogP) is 2.89. The molecule has 1 aliphatic carbocycles. The summed E-state index contributed by atoms with van der Waals surface area (Å²) in [5.74, 6) is 0.631. The maximum atomic E-state index is 11.9. The number of hydrogen-bond donors (Lipinski definition) is 1. The molecule has 0 saturated heterocycles. The van der Waals surface area contributed by atoms with Gasteiger partial charge in [0, 0.05) is 25.6 Å². The molecule has 0 unspecified atom stereocenters. The number of amides is 1. The second kappa shape index (κ2) is 6.12. The standard InChI is InChI=1S/C17H15Cl2N3O3/c1-8-20-17(21-25-8)11-5-13(18)16(19)10-4-9-2-3-22(14(24)7-23)6-12(9)15(10)11/h5,23H,2-4,6-7H2,1H3. The third-order valence-electron chi connectivity index (χ3n) is 4.72. The lowest BCUT2D eigenvalue weighted by Gasteiger charge is -2.28. The zero-order valence-electron chi connectivity index (χ0n) is 13.5. The molecule has 0 radical (unpaired) electrons. The van der Waals surface area contributed by atoms with Crippen LogP contribution in [0.2, 0.25) is 10.0 Å². The summed E-state index contributed by atoms with van der Waals surface area (Å²) in [6.07, 6.45) is 1.45. The van der Waals surface area contributed by atoms with Crippen LogP contribution in [0.4, 0.5) is 0 Å². The zero-order valence-corrected chi connectivity index (χ0v) is 15.0. The van der Waals surface area contributed by atoms with Crippen molar-refractivity contribution in [3.05, 3.63) is 38.7 Å². The Balaban J connectivity index is 1.86. The Morgan fingerprint density at radius 3 is 2.92 bits per heavy atom. The van der Waals surface area contributed by atoms with Gasteiger partial charge in [-0.1, -0.05) is 33.9 Å². The lowest BCUT2D eigenvalue weighted by atomic mass is 9.95. The van der Waals surface area contributed by atoms with Gasteiger partial charge in [-0.25, -0.2) is 0 Å². The molecular formula is C17H15Cl2N3O3. The van der Waals surface area contributed by atoms with Crippen LogP contribution < -0.4 is 0 Å². The van der Waals surface area contributed by atoms with Gasteiger partial charge in [-0.15, -0.1) is 0 Å². The molecule has 25 heavy (non-hydrogen) atoms. The van der Waals surface area contributed by atoms with Crippen LogP contribution in [0.15, 0.2) is 16.2 Å². The molecule has 1 aromatic heterocycles. The molecule has 1 amide bonds. The normalized spacial score (nSPS) is 16.2. The van der Waals surface area contributed by atoms with Crippen molar-refractivity contribution in [1.82, 2.24) is 15.0 Å². The van der Waals surface area contributed by atoms with Crippen molar-refractivity contribution in [1.29, 1.82) is 0 Å². The van der Waals surface area contributed by atoms with Crippen LogP contribution in [0.1, 0.15) is 23.4 Å². The Kier molecular flexibility index (Phi) is 4.06. The van der Waals surface area contributed by atoms with Gasteiger partial charge in [0.05, 0.1) is 10.0 Å². The van der Waals surface area contributed by atoms with Gasteiger partial charge >= 0.3 is 0 Å². The number of benzene rings is 1. The van der Waals surface area contributed by atoms with E-state index in [1.807, 2.05) is 0 Å². The van der Waals surface area contributed by atoms with Crippen molar-refractivity contribution in [2.24, 2.45) is 0 Å². The second-order valence-corrected chi connectivity index (χ2v) is 6.98. The molecule has 130 valence electrons. The van der Waals surface area contributed by atoms with Crippen LogP contribution in [-0.4, -0.2) is 45.8 Å². The Morgan fingerprint density at radius 1 is 1.44 bits per heavy atom. The Bertz CT molecular complexity index is 920. The van der Waals surface area contributed by atoms with E-state index in [-0.39, 0.29) is 5.91 Å². The summed E-state index contributed by atoms with van der Waals surface area (Å²) in [5, 5.41) is 14.1. The van der Waals surface area contributed by atoms with Crippen LogP contribution in [-0.2, 0) is 11.2 Å². The minimum absolute atomic E-state index is 0.281. The fourth-order valence-electron chi connectivity index (χ4n) is 3.55. The quantitative estimate of drug-likeness (QED) is 0.867. The number of rotatable bonds is 2. The van der Waals surface area contributed by atoms with Crippen LogP contribution in [0.3, 0.4) is 0 Å². The number of fused-ring (bicyclic) bond motifs is 2. The molecule has 1 aromatic carbocycles. The fourth-order valence-corrected chi connectivity index (χ4v) is 3.99. The molecular weight excluding hydrogens is 365 g/mol. The molecule has 2 heterocycles. The molecule has 8 heteroatoms. The van der Waals surface area contributed by atoms with Gasteiger partial charge in [-0.05, 0) is 35.6 Å². The number of aliphatic hydroxyl groups excluding tert-OH is 1. The number of aromatic nitrogens is 2. The molecule has 2 aromatic rings. The Labute approximate surface area is 154 Å². The molecule has 0 bridgehead atoms. The Hall–Kier alpha value is -1.89. The largest absolute Gasteiger partial charge is 0.387 e. The van der Waals surface area contributed by atoms with E-state index in [0.29, 0.717) is 41.3 Å². The maximum absolute atomic E-state index is 11.9. The second-order valence-electron chi connectivity index (χ2n) is 6.19. The molecule has 4 rings (SSSR count). The van der Waals surface area contributed by atoms with Crippen LogP contribution in [0.25, 0.3) is 17.0 Å². The van der Waals surface area contributed by atoms with Gasteiger partial charge in [-0.3, -0.25) is 4.79 Å². The number of aliphatic hydroxyl groups is 1. The van der Waals surface area contributed by atoms with Crippen LogP contribution >= 0.6 is 23.2 Å². The van der Waals surface area contributed by atoms with Gasteiger partial charge in [0.1, 0.15) is 6.61 Å². The summed E-state index contributed by atoms with van der Waals surface area (Å²) >= 11 is 12.8. The summed E-state index contributed by atoms with van der Waals surface area (Å²) < 4.78 is 5.11. The lowest BCUT2D eigenvalue weighted by molar-refractivity contribution is -0.133. The third-order valence-corrected chi connectivity index (χ3v) is 5.55. The van der Waals surface area contributed by atoms with Crippen LogP contribution in [0.5, 0.6) is 0 Å². The smallest absolute Gasteiger partial charge is 0.248 e. The summed E-state index contributed by atoms with van der Waals surface area (Å²) in [5.41, 5.74) is 4.90. The van der Waals surface area contributed by atoms with Crippen molar-refractivity contribution in [2.75, 3.05) is 19.7 Å². The van der Waals surface area contributed by atoms with Crippen LogP contribution in [0, 0.1) is 6.92 Å². The zero-order chi connectivity index (χ0) is 17.7. The number of hydrogen-bond acceptors (Lipinski definition) is 5. The van der Waals surface area contributed by atoms with Crippen molar-refractivity contribution in [2.45, 2.75) is 19.8 Å². The molecule has 1 N–H and O–H groups in total. The molecule has 2 aliphatic rings. The van der Waals surface area contributed by atoms with E-state index in [9.17, 15) is 4.79 Å². The molecule has 0 atom stereocenters. The van der Waals surface area contributed by atoms with E-state index in [4.69, 9.17) is 32.8 Å². The molecule has 0 saturated carbocycles. The SMILES string of the molecule is Cc1nc(-c2cc(Cl)c(Cl)c3c2C2=C(CCN(C(=O)CO)C2)C3)no1. The first-order valence-corrected chi connectivity index (χ1v) is 8.66. The first-order chi connectivity index (χ1) is 12.0. The summed E-state index contributed by atoms with van der Waals surface area (Å²) in [4.78, 5) is 17.9. The fraction of sp³-hybridized carbons (Fsp3) is 0.353. The van der Waals surface area contributed by atoms with Crippen molar-refractivity contribution >= 4 is 34.7 Å². The first-order valence-electron chi connectivity index (χ1n) is 7.91. The highest BCUT2D eigenvalue weighted by Crippen LogP contribution is 2.47. The van der Waals surface area contributed by atoms with Crippen molar-refractivity contribution < 1.29 is 14.4 Å². The van der Waals surface area contributed by atoms with Gasteiger partial charge in [-0.2, -0.15) is 4.98 Å². The molecule has 1 aliphatic heterocycles. The van der Waals surface area contributed by atoms with Gasteiger partial charge in [0.25, 0.3) is 0 Å². The van der Waals surface area contributed by atoms with E-state index in [1.165, 1.54) is 5.57 Å². The van der Waals surface area contributed by atoms with E-state index < -0.39 is 6.61 Å². The van der Waals surface area contributed by atoms with E-state index in [1.54, 1.807) is 17.9 Å². The predicted molar refractivity (Wildman–Crippen MR) is 93.4 cm³/mol. The van der Waals surface area contributed by atoms with Crippen molar-refractivity contribution in [3.8, 4) is 11.4 Å². The average molecular weight is 380 g/mol. The monoisotopic (exact) mass is 379 g/mol.